The van der Waals surface area contributed by atoms with Crippen LogP contribution in [0.5, 0.6) is 0 Å². The van der Waals surface area contributed by atoms with Gasteiger partial charge in [0.1, 0.15) is 24.4 Å². The molecule has 0 aliphatic carbocycles. The maximum atomic E-state index is 11.5. The lowest BCUT2D eigenvalue weighted by Gasteiger charge is -2.44. The number of rotatable bonds is 8. The van der Waals surface area contributed by atoms with Crippen LogP contribution in [0.15, 0.2) is 60.7 Å². The van der Waals surface area contributed by atoms with Crippen molar-refractivity contribution in [2.45, 2.75) is 82.2 Å². The van der Waals surface area contributed by atoms with Gasteiger partial charge in [-0.3, -0.25) is 0 Å². The van der Waals surface area contributed by atoms with Crippen LogP contribution in [-0.2, 0) is 30.3 Å². The summed E-state index contributed by atoms with van der Waals surface area (Å²) in [4.78, 5) is 0. The van der Waals surface area contributed by atoms with E-state index >= 15 is 0 Å². The molecule has 2 aliphatic heterocycles. The number of hydrogen-bond acceptors (Lipinski definition) is 6. The fourth-order valence-electron chi connectivity index (χ4n) is 4.88. The van der Waals surface area contributed by atoms with Crippen LogP contribution in [0.2, 0.25) is 19.1 Å². The summed E-state index contributed by atoms with van der Waals surface area (Å²) in [6, 6.07) is 21.0. The molecular formula is C26H36O6Si. The number of hydrogen-bond donors (Lipinski definition) is 1. The third-order valence-corrected chi connectivity index (χ3v) is 9.88. The van der Waals surface area contributed by atoms with Crippen molar-refractivity contribution in [3.05, 3.63) is 66.2 Å². The van der Waals surface area contributed by atoms with E-state index in [1.54, 1.807) is 7.11 Å². The Morgan fingerprint density at radius 2 is 1.58 bits per heavy atom. The number of ether oxygens (including phenoxy) is 5. The van der Waals surface area contributed by atoms with Gasteiger partial charge in [0.05, 0.1) is 20.8 Å². The summed E-state index contributed by atoms with van der Waals surface area (Å²) in [5.41, 5.74) is 1.05. The number of benzene rings is 2. The van der Waals surface area contributed by atoms with Crippen LogP contribution in [0.1, 0.15) is 19.4 Å². The first-order valence-corrected chi connectivity index (χ1v) is 14.8. The van der Waals surface area contributed by atoms with Crippen molar-refractivity contribution in [2.75, 3.05) is 7.11 Å². The maximum absolute atomic E-state index is 11.5. The van der Waals surface area contributed by atoms with E-state index in [1.165, 1.54) is 5.19 Å². The molecule has 180 valence electrons. The Balaban J connectivity index is 1.58. The van der Waals surface area contributed by atoms with Crippen LogP contribution in [-0.4, -0.2) is 62.9 Å². The van der Waals surface area contributed by atoms with Crippen molar-refractivity contribution in [1.29, 1.82) is 0 Å². The Morgan fingerprint density at radius 3 is 2.21 bits per heavy atom. The third-order valence-electron chi connectivity index (χ3n) is 6.54. The monoisotopic (exact) mass is 472 g/mol. The average Bonchev–Trinajstić information content (AvgIpc) is 3.13. The predicted octanol–water partition coefficient (Wildman–Crippen LogP) is 3.44. The Bertz CT molecular complexity index is 890. The number of methoxy groups -OCH3 is 1. The molecule has 6 atom stereocenters. The quantitative estimate of drug-likeness (QED) is 0.594. The molecule has 1 N–H and O–H groups in total. The van der Waals surface area contributed by atoms with Crippen molar-refractivity contribution in [3.8, 4) is 0 Å². The molecule has 0 aromatic heterocycles. The lowest BCUT2D eigenvalue weighted by molar-refractivity contribution is -0.289. The molecule has 2 heterocycles. The minimum atomic E-state index is -1.94. The second-order valence-corrected chi connectivity index (χ2v) is 14.8. The van der Waals surface area contributed by atoms with E-state index in [1.807, 2.05) is 50.2 Å². The maximum Gasteiger partial charge on any atom is 0.186 e. The molecule has 0 spiro atoms. The fraction of sp³-hybridized carbons (Fsp3) is 0.538. The highest BCUT2D eigenvalue weighted by Crippen LogP contribution is 2.40. The molecule has 2 aliphatic rings. The summed E-state index contributed by atoms with van der Waals surface area (Å²) in [6.45, 7) is 8.68. The Hall–Kier alpha value is -1.58. The zero-order valence-electron chi connectivity index (χ0n) is 20.1. The van der Waals surface area contributed by atoms with Gasteiger partial charge in [-0.15, -0.1) is 0 Å². The summed E-state index contributed by atoms with van der Waals surface area (Å²) in [5.74, 6) is -0.790. The first-order chi connectivity index (χ1) is 15.7. The van der Waals surface area contributed by atoms with Gasteiger partial charge in [0, 0.05) is 7.11 Å². The Morgan fingerprint density at radius 1 is 0.970 bits per heavy atom. The topological polar surface area (TPSA) is 66.4 Å². The highest BCUT2D eigenvalue weighted by Gasteiger charge is 2.57. The van der Waals surface area contributed by atoms with E-state index < -0.39 is 50.7 Å². The van der Waals surface area contributed by atoms with Gasteiger partial charge in [-0.2, -0.15) is 0 Å². The lowest BCUT2D eigenvalue weighted by Crippen LogP contribution is -2.62. The van der Waals surface area contributed by atoms with Gasteiger partial charge in [-0.1, -0.05) is 78.9 Å². The molecule has 2 fully saturated rings. The summed E-state index contributed by atoms with van der Waals surface area (Å²) in [7, 11) is -0.345. The highest BCUT2D eigenvalue weighted by molar-refractivity contribution is 6.89. The molecule has 2 aromatic carbocycles. The average molecular weight is 473 g/mol. The Labute approximate surface area is 197 Å². The molecular weight excluding hydrogens is 436 g/mol. The number of aliphatic hydroxyl groups is 1. The van der Waals surface area contributed by atoms with Gasteiger partial charge in [0.25, 0.3) is 0 Å². The molecule has 0 unspecified atom stereocenters. The van der Waals surface area contributed by atoms with E-state index in [9.17, 15) is 5.11 Å². The van der Waals surface area contributed by atoms with Gasteiger partial charge >= 0.3 is 0 Å². The lowest BCUT2D eigenvalue weighted by atomic mass is 9.95. The van der Waals surface area contributed by atoms with Gasteiger partial charge in [0.15, 0.2) is 12.1 Å². The van der Waals surface area contributed by atoms with E-state index in [-0.39, 0.29) is 0 Å². The normalized spacial score (nSPS) is 30.1. The zero-order chi connectivity index (χ0) is 23.6. The highest BCUT2D eigenvalue weighted by atomic mass is 28.3. The molecule has 4 rings (SSSR count). The van der Waals surface area contributed by atoms with Crippen LogP contribution >= 0.6 is 0 Å². The minimum absolute atomic E-state index is 0.391. The standard InChI is InChI=1S/C26H36O6Si/c1-26(2)31-23-22(29-16-18-12-8-6-9-13-18)21(30-25(28-3)24(23)32-26)20(27)17-33(4,5)19-14-10-7-11-15-19/h6-15,20-25,27H,16-17H2,1-5H3/t20-,21+,22+,23-,24-,25-/m0/s1. The molecule has 0 amide bonds. The number of aliphatic hydroxyl groups excluding tert-OH is 1. The van der Waals surface area contributed by atoms with Crippen LogP contribution in [0, 0.1) is 0 Å². The minimum Gasteiger partial charge on any atom is -0.391 e. The van der Waals surface area contributed by atoms with Crippen molar-refractivity contribution >= 4 is 13.3 Å². The van der Waals surface area contributed by atoms with E-state index in [0.717, 1.165) is 5.56 Å². The second kappa shape index (κ2) is 9.96. The van der Waals surface area contributed by atoms with Crippen LogP contribution in [0.3, 0.4) is 0 Å². The third kappa shape index (κ3) is 5.57. The van der Waals surface area contributed by atoms with E-state index in [0.29, 0.717) is 12.7 Å². The summed E-state index contributed by atoms with van der Waals surface area (Å²) < 4.78 is 30.7. The van der Waals surface area contributed by atoms with Gasteiger partial charge < -0.3 is 28.8 Å². The molecule has 6 nitrogen and oxygen atoms in total. The predicted molar refractivity (Wildman–Crippen MR) is 129 cm³/mol. The molecule has 7 heteroatoms. The summed E-state index contributed by atoms with van der Waals surface area (Å²) >= 11 is 0. The fourth-order valence-corrected chi connectivity index (χ4v) is 7.49. The van der Waals surface area contributed by atoms with Crippen LogP contribution in [0.4, 0.5) is 0 Å². The SMILES string of the molecule is CO[C@H]1O[C@H]([C@@H](O)C[Si](C)(C)c2ccccc2)[C@@H](OCc2ccccc2)[C@@H]2OC(C)(C)O[C@H]12. The van der Waals surface area contributed by atoms with Gasteiger partial charge in [0.2, 0.25) is 0 Å². The van der Waals surface area contributed by atoms with E-state index in [4.69, 9.17) is 23.7 Å². The summed E-state index contributed by atoms with van der Waals surface area (Å²) in [5, 5.41) is 12.8. The van der Waals surface area contributed by atoms with Crippen molar-refractivity contribution in [1.82, 2.24) is 0 Å². The summed E-state index contributed by atoms with van der Waals surface area (Å²) in [6.07, 6.45) is -3.34. The van der Waals surface area contributed by atoms with Gasteiger partial charge in [-0.05, 0) is 25.5 Å². The second-order valence-electron chi connectivity index (χ2n) is 10.1. The zero-order valence-corrected chi connectivity index (χ0v) is 21.1. The molecule has 33 heavy (non-hydrogen) atoms. The largest absolute Gasteiger partial charge is 0.391 e. The molecule has 0 saturated carbocycles. The smallest absolute Gasteiger partial charge is 0.186 e. The number of fused-ring (bicyclic) bond motifs is 1. The van der Waals surface area contributed by atoms with Crippen LogP contribution in [0.25, 0.3) is 0 Å². The molecule has 0 bridgehead atoms. The molecule has 2 aromatic rings. The van der Waals surface area contributed by atoms with Crippen molar-refractivity contribution in [3.63, 3.8) is 0 Å². The van der Waals surface area contributed by atoms with E-state index in [2.05, 4.69) is 37.4 Å². The Kier molecular flexibility index (Phi) is 7.40. The molecule has 0 radical (unpaired) electrons. The molecule has 2 saturated heterocycles. The van der Waals surface area contributed by atoms with Crippen LogP contribution < -0.4 is 5.19 Å². The van der Waals surface area contributed by atoms with Gasteiger partial charge in [-0.25, -0.2) is 0 Å². The first-order valence-electron chi connectivity index (χ1n) is 11.6. The van der Waals surface area contributed by atoms with Crippen molar-refractivity contribution < 1.29 is 28.8 Å². The van der Waals surface area contributed by atoms with Crippen molar-refractivity contribution in [2.24, 2.45) is 0 Å². The first kappa shape index (κ1) is 24.5.